The van der Waals surface area contributed by atoms with Crippen LogP contribution in [0.2, 0.25) is 0 Å². The molecule has 0 unspecified atom stereocenters. The molecule has 2 aromatic rings. The summed E-state index contributed by atoms with van der Waals surface area (Å²) >= 11 is 1.62. The van der Waals surface area contributed by atoms with Gasteiger partial charge in [-0.15, -0.1) is 11.8 Å². The summed E-state index contributed by atoms with van der Waals surface area (Å²) in [4.78, 5) is 16.4. The first-order chi connectivity index (χ1) is 11.2. The predicted molar refractivity (Wildman–Crippen MR) is 99.5 cm³/mol. The number of thioether (sulfide) groups is 1. The van der Waals surface area contributed by atoms with Crippen LogP contribution >= 0.6 is 11.8 Å². The molecule has 0 bridgehead atoms. The molecule has 0 amide bonds. The molecule has 0 aliphatic heterocycles. The van der Waals surface area contributed by atoms with Gasteiger partial charge in [-0.2, -0.15) is 0 Å². The van der Waals surface area contributed by atoms with Crippen LogP contribution in [0.15, 0.2) is 22.5 Å². The number of pyridine rings is 1. The summed E-state index contributed by atoms with van der Waals surface area (Å²) in [7, 11) is 0. The van der Waals surface area contributed by atoms with Gasteiger partial charge in [0, 0.05) is 11.8 Å². The highest BCUT2D eigenvalue weighted by molar-refractivity contribution is 8.01. The van der Waals surface area contributed by atoms with Crippen LogP contribution in [-0.2, 0) is 12.8 Å². The summed E-state index contributed by atoms with van der Waals surface area (Å²) in [6, 6.07) is 2.13. The Hall–Kier alpha value is -1.68. The molecule has 1 heterocycles. The molecular weight excluding hydrogens is 306 g/mol. The van der Waals surface area contributed by atoms with E-state index in [2.05, 4.69) is 18.0 Å². The van der Waals surface area contributed by atoms with Crippen LogP contribution in [-0.4, -0.2) is 17.8 Å². The van der Waals surface area contributed by atoms with E-state index in [4.69, 9.17) is 4.74 Å². The molecule has 0 fully saturated rings. The Labute approximate surface area is 141 Å². The Morgan fingerprint density at radius 2 is 2.26 bits per heavy atom. The molecule has 3 nitrogen and oxygen atoms in total. The molecule has 0 radical (unpaired) electrons. The molecule has 4 heteroatoms. The number of ether oxygens (including phenoxy) is 1. The van der Waals surface area contributed by atoms with E-state index in [1.807, 2.05) is 24.8 Å². The highest BCUT2D eigenvalue weighted by Crippen LogP contribution is 2.34. The summed E-state index contributed by atoms with van der Waals surface area (Å²) in [5.41, 5.74) is 5.23. The van der Waals surface area contributed by atoms with Gasteiger partial charge in [-0.05, 0) is 67.0 Å². The number of H-pyrrole nitrogens is 1. The number of aryl methyl sites for hydroxylation is 2. The van der Waals surface area contributed by atoms with Gasteiger partial charge in [0.05, 0.1) is 17.5 Å². The van der Waals surface area contributed by atoms with Crippen molar-refractivity contribution >= 4 is 28.2 Å². The maximum Gasteiger partial charge on any atom is 0.197 e. The topological polar surface area (TPSA) is 42.1 Å². The first kappa shape index (κ1) is 16.2. The fourth-order valence-electron chi connectivity index (χ4n) is 3.31. The van der Waals surface area contributed by atoms with Crippen LogP contribution in [0, 0.1) is 0 Å². The molecule has 1 aliphatic carbocycles. The van der Waals surface area contributed by atoms with Gasteiger partial charge in [0.25, 0.3) is 0 Å². The maximum atomic E-state index is 13.1. The summed E-state index contributed by atoms with van der Waals surface area (Å²) in [6.07, 6.45) is 7.93. The van der Waals surface area contributed by atoms with Crippen molar-refractivity contribution in [2.24, 2.45) is 0 Å². The van der Waals surface area contributed by atoms with E-state index in [0.29, 0.717) is 6.61 Å². The van der Waals surface area contributed by atoms with E-state index in [1.165, 1.54) is 11.1 Å². The van der Waals surface area contributed by atoms with Crippen LogP contribution in [0.1, 0.15) is 43.4 Å². The zero-order valence-corrected chi connectivity index (χ0v) is 14.8. The summed E-state index contributed by atoms with van der Waals surface area (Å²) in [5.74, 6) is 0.817. The monoisotopic (exact) mass is 329 g/mol. The number of allylic oxidation sites excluding steroid dienone is 1. The minimum atomic E-state index is 0.127. The second kappa shape index (κ2) is 6.83. The van der Waals surface area contributed by atoms with Gasteiger partial charge < -0.3 is 9.72 Å². The van der Waals surface area contributed by atoms with Crippen LogP contribution in [0.5, 0.6) is 5.75 Å². The third kappa shape index (κ3) is 2.92. The highest BCUT2D eigenvalue weighted by atomic mass is 32.2. The van der Waals surface area contributed by atoms with Gasteiger partial charge in [0.15, 0.2) is 5.43 Å². The third-order valence-corrected chi connectivity index (χ3v) is 4.97. The fourth-order valence-corrected chi connectivity index (χ4v) is 3.79. The molecule has 1 N–H and O–H groups in total. The van der Waals surface area contributed by atoms with Crippen LogP contribution < -0.4 is 10.2 Å². The minimum Gasteiger partial charge on any atom is -0.491 e. The average Bonchev–Trinajstić information content (AvgIpc) is 3.01. The van der Waals surface area contributed by atoms with E-state index in [1.54, 1.807) is 11.8 Å². The second-order valence-corrected chi connectivity index (χ2v) is 6.74. The second-order valence-electron chi connectivity index (χ2n) is 6.03. The number of hydrogen-bond acceptors (Lipinski definition) is 3. The Bertz CT molecular complexity index is 820. The average molecular weight is 329 g/mol. The summed E-state index contributed by atoms with van der Waals surface area (Å²) in [5, 5.41) is 2.85. The smallest absolute Gasteiger partial charge is 0.197 e. The highest BCUT2D eigenvalue weighted by Gasteiger charge is 2.21. The lowest BCUT2D eigenvalue weighted by Crippen LogP contribution is -2.12. The number of benzene rings is 1. The largest absolute Gasteiger partial charge is 0.491 e. The number of hydrogen-bond donors (Lipinski definition) is 1. The van der Waals surface area contributed by atoms with Crippen LogP contribution in [0.4, 0.5) is 0 Å². The normalized spacial score (nSPS) is 14.3. The molecule has 0 saturated carbocycles. The maximum absolute atomic E-state index is 13.1. The molecule has 23 heavy (non-hydrogen) atoms. The van der Waals surface area contributed by atoms with Gasteiger partial charge >= 0.3 is 0 Å². The van der Waals surface area contributed by atoms with E-state index in [0.717, 1.165) is 53.5 Å². The molecule has 3 rings (SSSR count). The minimum absolute atomic E-state index is 0.127. The summed E-state index contributed by atoms with van der Waals surface area (Å²) in [6.45, 7) is 4.75. The number of nitrogens with one attached hydrogen (secondary N) is 1. The SMILES string of the molecule is CCCOc1cc2c(c3c(=O)c(/C(C)=C/SC)c[nH]c13)CCC2. The molecule has 0 spiro atoms. The van der Waals surface area contributed by atoms with Crippen molar-refractivity contribution in [1.82, 2.24) is 4.98 Å². The fraction of sp³-hybridized carbons (Fsp3) is 0.421. The van der Waals surface area contributed by atoms with Gasteiger partial charge in [0.1, 0.15) is 5.75 Å². The van der Waals surface area contributed by atoms with Crippen molar-refractivity contribution in [3.05, 3.63) is 44.6 Å². The predicted octanol–water partition coefficient (Wildman–Crippen LogP) is 4.53. The Morgan fingerprint density at radius 1 is 1.43 bits per heavy atom. The van der Waals surface area contributed by atoms with Crippen molar-refractivity contribution in [1.29, 1.82) is 0 Å². The molecule has 1 aromatic heterocycles. The Kier molecular flexibility index (Phi) is 4.81. The van der Waals surface area contributed by atoms with Crippen molar-refractivity contribution in [2.45, 2.75) is 39.5 Å². The van der Waals surface area contributed by atoms with E-state index in [9.17, 15) is 4.79 Å². The third-order valence-electron chi connectivity index (χ3n) is 4.38. The summed E-state index contributed by atoms with van der Waals surface area (Å²) < 4.78 is 5.91. The molecule has 0 saturated heterocycles. The Balaban J connectivity index is 2.27. The van der Waals surface area contributed by atoms with E-state index < -0.39 is 0 Å². The lowest BCUT2D eigenvalue weighted by molar-refractivity contribution is 0.320. The van der Waals surface area contributed by atoms with Gasteiger partial charge in [-0.25, -0.2) is 0 Å². The number of aromatic nitrogens is 1. The van der Waals surface area contributed by atoms with Gasteiger partial charge in [-0.3, -0.25) is 4.79 Å². The van der Waals surface area contributed by atoms with Crippen LogP contribution in [0.25, 0.3) is 16.5 Å². The zero-order valence-electron chi connectivity index (χ0n) is 14.0. The van der Waals surface area contributed by atoms with E-state index >= 15 is 0 Å². The first-order valence-electron chi connectivity index (χ1n) is 8.20. The van der Waals surface area contributed by atoms with Crippen molar-refractivity contribution in [3.8, 4) is 5.75 Å². The van der Waals surface area contributed by atoms with Crippen molar-refractivity contribution in [2.75, 3.05) is 12.9 Å². The molecule has 1 aromatic carbocycles. The zero-order chi connectivity index (χ0) is 16.4. The van der Waals surface area contributed by atoms with Crippen molar-refractivity contribution in [3.63, 3.8) is 0 Å². The number of aromatic amines is 1. The van der Waals surface area contributed by atoms with Crippen LogP contribution in [0.3, 0.4) is 0 Å². The molecule has 122 valence electrons. The van der Waals surface area contributed by atoms with E-state index in [-0.39, 0.29) is 5.43 Å². The Morgan fingerprint density at radius 3 is 3.00 bits per heavy atom. The van der Waals surface area contributed by atoms with Gasteiger partial charge in [0.2, 0.25) is 0 Å². The molecular formula is C19H23NO2S. The van der Waals surface area contributed by atoms with Crippen molar-refractivity contribution < 1.29 is 4.74 Å². The standard InChI is InChI=1S/C19H23NO2S/c1-4-8-22-16-9-13-6-5-7-14(13)17-18(16)20-10-15(19(17)21)12(2)11-23-3/h9-11H,4-8H2,1-3H3,(H,20,21)/b12-11+. The first-order valence-corrected chi connectivity index (χ1v) is 9.49. The molecule has 0 atom stereocenters. The quantitative estimate of drug-likeness (QED) is 0.876. The number of rotatable bonds is 5. The lowest BCUT2D eigenvalue weighted by Gasteiger charge is -2.13. The molecule has 1 aliphatic rings. The van der Waals surface area contributed by atoms with Gasteiger partial charge in [-0.1, -0.05) is 6.92 Å². The number of fused-ring (bicyclic) bond motifs is 3. The lowest BCUT2D eigenvalue weighted by atomic mass is 9.99.